The summed E-state index contributed by atoms with van der Waals surface area (Å²) in [4.78, 5) is 21.9. The number of unbranched alkanes of at least 4 members (excludes halogenated alkanes) is 6. The van der Waals surface area contributed by atoms with Crippen LogP contribution >= 0.6 is 0 Å². The Labute approximate surface area is 236 Å². The van der Waals surface area contributed by atoms with Gasteiger partial charge in [0.1, 0.15) is 0 Å². The Morgan fingerprint density at radius 3 is 2.00 bits per heavy atom. The number of nitrogens with zero attached hydrogens (tertiary/aromatic N) is 4. The molecule has 0 unspecified atom stereocenters. The van der Waals surface area contributed by atoms with Gasteiger partial charge in [-0.15, -0.1) is 0 Å². The van der Waals surface area contributed by atoms with Crippen molar-refractivity contribution in [3.05, 3.63) is 45.4 Å². The van der Waals surface area contributed by atoms with Crippen LogP contribution in [-0.2, 0) is 12.7 Å². The fourth-order valence-electron chi connectivity index (χ4n) is 6.10. The van der Waals surface area contributed by atoms with Gasteiger partial charge in [-0.25, -0.2) is 0 Å². The van der Waals surface area contributed by atoms with E-state index < -0.39 is 17.3 Å². The largest absolute Gasteiger partial charge is 0.417 e. The molecule has 2 aromatic heterocycles. The Balaban J connectivity index is 1.21. The summed E-state index contributed by atoms with van der Waals surface area (Å²) in [5.74, 6) is 0. The van der Waals surface area contributed by atoms with Crippen LogP contribution in [0.25, 0.3) is 21.8 Å². The zero-order valence-corrected chi connectivity index (χ0v) is 24.7. The molecule has 0 saturated carbocycles. The Kier molecular flexibility index (Phi) is 10.4. The van der Waals surface area contributed by atoms with E-state index in [1.54, 1.807) is 6.07 Å². The van der Waals surface area contributed by atoms with E-state index in [1.807, 2.05) is 19.9 Å². The Morgan fingerprint density at radius 2 is 1.40 bits per heavy atom. The number of rotatable bonds is 13. The number of alkyl halides is 3. The highest BCUT2D eigenvalue weighted by molar-refractivity contribution is 6.09. The number of hydrogen-bond donors (Lipinski definition) is 1. The lowest BCUT2D eigenvalue weighted by molar-refractivity contribution is -0.136. The third-order valence-electron chi connectivity index (χ3n) is 8.59. The first kappa shape index (κ1) is 30.6. The number of piperazine rings is 1. The molecule has 6 nitrogen and oxygen atoms in total. The zero-order chi connectivity index (χ0) is 28.9. The smallest absolute Gasteiger partial charge is 0.345 e. The predicted molar refractivity (Wildman–Crippen MR) is 158 cm³/mol. The molecular formula is C31H46F3N5O. The Bertz CT molecular complexity index is 1320. The molecule has 0 spiro atoms. The molecule has 0 amide bonds. The molecule has 222 valence electrons. The van der Waals surface area contributed by atoms with Crippen molar-refractivity contribution in [2.75, 3.05) is 59.9 Å². The van der Waals surface area contributed by atoms with Crippen molar-refractivity contribution in [1.82, 2.24) is 24.3 Å². The number of aromatic amines is 1. The van der Waals surface area contributed by atoms with E-state index in [0.717, 1.165) is 42.7 Å². The summed E-state index contributed by atoms with van der Waals surface area (Å²) in [6.45, 7) is 12.9. The lowest BCUT2D eigenvalue weighted by Crippen LogP contribution is -2.48. The summed E-state index contributed by atoms with van der Waals surface area (Å²) < 4.78 is 43.7. The van der Waals surface area contributed by atoms with Gasteiger partial charge in [0.25, 0.3) is 0 Å². The molecule has 1 aliphatic heterocycles. The van der Waals surface area contributed by atoms with Crippen LogP contribution in [0.5, 0.6) is 0 Å². The maximum atomic E-state index is 13.9. The van der Waals surface area contributed by atoms with Gasteiger partial charge in [-0.05, 0) is 65.0 Å². The molecular weight excluding hydrogens is 515 g/mol. The Hall–Kier alpha value is -2.36. The minimum absolute atomic E-state index is 0.0927. The molecule has 1 fully saturated rings. The number of benzene rings is 1. The van der Waals surface area contributed by atoms with Crippen LogP contribution in [0, 0.1) is 13.8 Å². The number of pyridine rings is 1. The molecule has 40 heavy (non-hydrogen) atoms. The van der Waals surface area contributed by atoms with Crippen molar-refractivity contribution in [3.63, 3.8) is 0 Å². The lowest BCUT2D eigenvalue weighted by Gasteiger charge is -2.35. The molecule has 1 N–H and O–H groups in total. The molecule has 0 bridgehead atoms. The van der Waals surface area contributed by atoms with Crippen LogP contribution in [0.15, 0.2) is 23.0 Å². The van der Waals surface area contributed by atoms with Crippen LogP contribution in [0.1, 0.15) is 61.8 Å². The highest BCUT2D eigenvalue weighted by Crippen LogP contribution is 2.39. The predicted octanol–water partition coefficient (Wildman–Crippen LogP) is 6.03. The summed E-state index contributed by atoms with van der Waals surface area (Å²) in [5, 5.41) is 0.684. The van der Waals surface area contributed by atoms with E-state index in [0.29, 0.717) is 11.5 Å². The highest BCUT2D eigenvalue weighted by Gasteiger charge is 2.34. The standard InChI is InChI=1S/C31H46F3N5O/c1-23-24(2)39(27-13-12-26-30(29(23)27)25(31(32,33)34)22-28(40)35-26)15-11-9-7-5-6-8-10-14-37-18-20-38(21-19-37)17-16-36(3)4/h12-13,22H,5-11,14-21H2,1-4H3,(H,35,40). The zero-order valence-electron chi connectivity index (χ0n) is 24.7. The topological polar surface area (TPSA) is 47.5 Å². The number of likely N-dealkylation sites (N-methyl/N-ethyl adjacent to an activating group) is 1. The third-order valence-corrected chi connectivity index (χ3v) is 8.59. The maximum Gasteiger partial charge on any atom is 0.417 e. The summed E-state index contributed by atoms with van der Waals surface area (Å²) in [7, 11) is 4.27. The second-order valence-corrected chi connectivity index (χ2v) is 11.8. The summed E-state index contributed by atoms with van der Waals surface area (Å²) in [5.41, 5.74) is 1.27. The van der Waals surface area contributed by atoms with E-state index >= 15 is 0 Å². The van der Waals surface area contributed by atoms with Crippen molar-refractivity contribution in [3.8, 4) is 0 Å². The van der Waals surface area contributed by atoms with Crippen molar-refractivity contribution in [2.24, 2.45) is 0 Å². The van der Waals surface area contributed by atoms with Crippen molar-refractivity contribution < 1.29 is 13.2 Å². The quantitative estimate of drug-likeness (QED) is 0.259. The normalized spacial score (nSPS) is 15.7. The summed E-state index contributed by atoms with van der Waals surface area (Å²) >= 11 is 0. The second-order valence-electron chi connectivity index (χ2n) is 11.8. The van der Waals surface area contributed by atoms with E-state index in [9.17, 15) is 18.0 Å². The van der Waals surface area contributed by atoms with Gasteiger partial charge >= 0.3 is 6.18 Å². The van der Waals surface area contributed by atoms with E-state index in [2.05, 4.69) is 38.3 Å². The molecule has 3 aromatic rings. The number of hydrogen-bond acceptors (Lipinski definition) is 4. The fraction of sp³-hybridized carbons (Fsp3) is 0.645. The number of H-pyrrole nitrogens is 1. The SMILES string of the molecule is Cc1c(C)n(CCCCCCCCCN2CCN(CCN(C)C)CC2)c2ccc3[nH]c(=O)cc(C(F)(F)F)c3c12. The average molecular weight is 562 g/mol. The van der Waals surface area contributed by atoms with Crippen LogP contribution in [0.3, 0.4) is 0 Å². The molecule has 1 saturated heterocycles. The van der Waals surface area contributed by atoms with E-state index in [1.165, 1.54) is 71.4 Å². The van der Waals surface area contributed by atoms with Crippen LogP contribution < -0.4 is 5.56 Å². The van der Waals surface area contributed by atoms with Gasteiger partial charge in [0.2, 0.25) is 5.56 Å². The van der Waals surface area contributed by atoms with Crippen LogP contribution in [0.2, 0.25) is 0 Å². The van der Waals surface area contributed by atoms with Crippen LogP contribution in [0.4, 0.5) is 13.2 Å². The molecule has 1 aromatic carbocycles. The van der Waals surface area contributed by atoms with Gasteiger partial charge in [-0.2, -0.15) is 13.2 Å². The van der Waals surface area contributed by atoms with Crippen molar-refractivity contribution >= 4 is 21.8 Å². The van der Waals surface area contributed by atoms with E-state index in [-0.39, 0.29) is 10.9 Å². The molecule has 0 radical (unpaired) electrons. The lowest BCUT2D eigenvalue weighted by atomic mass is 10.0. The van der Waals surface area contributed by atoms with Crippen LogP contribution in [-0.4, -0.2) is 84.2 Å². The number of nitrogens with one attached hydrogen (secondary N) is 1. The molecule has 1 aliphatic rings. The summed E-state index contributed by atoms with van der Waals surface area (Å²) in [6.07, 6.45) is 3.74. The molecule has 0 aliphatic carbocycles. The summed E-state index contributed by atoms with van der Waals surface area (Å²) in [6, 6.07) is 4.13. The average Bonchev–Trinajstić information content (AvgIpc) is 3.15. The van der Waals surface area contributed by atoms with Gasteiger partial charge in [-0.1, -0.05) is 32.1 Å². The minimum Gasteiger partial charge on any atom is -0.345 e. The first-order valence-corrected chi connectivity index (χ1v) is 14.9. The van der Waals surface area contributed by atoms with Crippen molar-refractivity contribution in [2.45, 2.75) is 71.5 Å². The Morgan fingerprint density at radius 1 is 0.825 bits per heavy atom. The number of aryl methyl sites for hydroxylation is 2. The molecule has 3 heterocycles. The van der Waals surface area contributed by atoms with Gasteiger partial charge in [0.15, 0.2) is 0 Å². The fourth-order valence-corrected chi connectivity index (χ4v) is 6.10. The van der Waals surface area contributed by atoms with Gasteiger partial charge in [0.05, 0.1) is 5.56 Å². The molecule has 4 rings (SSSR count). The van der Waals surface area contributed by atoms with E-state index in [4.69, 9.17) is 0 Å². The highest BCUT2D eigenvalue weighted by atomic mass is 19.4. The number of aromatic nitrogens is 2. The monoisotopic (exact) mass is 561 g/mol. The van der Waals surface area contributed by atoms with Gasteiger partial charge in [0, 0.05) is 79.4 Å². The minimum atomic E-state index is -4.59. The first-order chi connectivity index (χ1) is 19.1. The maximum absolute atomic E-state index is 13.9. The third kappa shape index (κ3) is 7.47. The second kappa shape index (κ2) is 13.5. The molecule has 9 heteroatoms. The first-order valence-electron chi connectivity index (χ1n) is 14.9. The van der Waals surface area contributed by atoms with Gasteiger partial charge < -0.3 is 19.4 Å². The number of fused-ring (bicyclic) bond motifs is 3. The van der Waals surface area contributed by atoms with Crippen molar-refractivity contribution in [1.29, 1.82) is 0 Å². The van der Waals surface area contributed by atoms with Gasteiger partial charge in [-0.3, -0.25) is 9.69 Å². The molecule has 0 atom stereocenters. The number of halogens is 3.